The molecule has 1 aromatic rings. The van der Waals surface area contributed by atoms with Gasteiger partial charge in [-0.25, -0.2) is 4.79 Å². The molecule has 0 unspecified atom stereocenters. The summed E-state index contributed by atoms with van der Waals surface area (Å²) in [6, 6.07) is 0. The van der Waals surface area contributed by atoms with E-state index in [0.29, 0.717) is 5.56 Å². The number of aromatic nitrogens is 2. The van der Waals surface area contributed by atoms with Gasteiger partial charge in [-0.05, 0) is 11.1 Å². The van der Waals surface area contributed by atoms with E-state index < -0.39 is 18.8 Å². The molecular formula is C10H12BrN2O5P. The second kappa shape index (κ2) is 6.81. The lowest BCUT2D eigenvalue weighted by Crippen LogP contribution is -2.30. The molecular weight excluding hydrogens is 339 g/mol. The largest absolute Gasteiger partial charge is 0.329 e. The van der Waals surface area contributed by atoms with Crippen LogP contribution in [-0.2, 0) is 11.1 Å². The van der Waals surface area contributed by atoms with Crippen molar-refractivity contribution in [1.29, 1.82) is 0 Å². The highest BCUT2D eigenvalue weighted by Crippen LogP contribution is 2.33. The van der Waals surface area contributed by atoms with Crippen molar-refractivity contribution in [3.8, 4) is 0 Å². The molecule has 104 valence electrons. The standard InChI is InChI=1S/C10H12BrN2O5P/c11-4-3-8-7-13(10(15)12-9(8)14)5-1-2-6-19(16,17)18/h1-4,7H,5-6H2,(H,12,14,15)(H2,16,17,18)/b2-1+,4-3+. The Kier molecular flexibility index (Phi) is 5.68. The summed E-state index contributed by atoms with van der Waals surface area (Å²) in [4.78, 5) is 43.8. The molecule has 3 N–H and O–H groups in total. The predicted octanol–water partition coefficient (Wildman–Crippen LogP) is 0.636. The lowest BCUT2D eigenvalue weighted by Gasteiger charge is -2.02. The van der Waals surface area contributed by atoms with E-state index in [0.717, 1.165) is 0 Å². The van der Waals surface area contributed by atoms with Crippen LogP contribution >= 0.6 is 23.5 Å². The van der Waals surface area contributed by atoms with Crippen LogP contribution in [0.2, 0.25) is 0 Å². The van der Waals surface area contributed by atoms with E-state index in [1.165, 1.54) is 34.0 Å². The van der Waals surface area contributed by atoms with Crippen LogP contribution in [0, 0.1) is 0 Å². The van der Waals surface area contributed by atoms with Gasteiger partial charge in [0.15, 0.2) is 0 Å². The van der Waals surface area contributed by atoms with E-state index in [1.807, 2.05) is 0 Å². The van der Waals surface area contributed by atoms with Crippen molar-refractivity contribution in [1.82, 2.24) is 9.55 Å². The van der Waals surface area contributed by atoms with Crippen LogP contribution < -0.4 is 11.2 Å². The molecule has 0 bridgehead atoms. The van der Waals surface area contributed by atoms with Gasteiger partial charge in [0, 0.05) is 12.7 Å². The van der Waals surface area contributed by atoms with Gasteiger partial charge in [0.05, 0.1) is 11.7 Å². The lowest BCUT2D eigenvalue weighted by atomic mass is 10.3. The number of nitrogens with one attached hydrogen (secondary N) is 1. The summed E-state index contributed by atoms with van der Waals surface area (Å²) in [7, 11) is -4.08. The molecule has 0 fully saturated rings. The summed E-state index contributed by atoms with van der Waals surface area (Å²) in [5.41, 5.74) is -0.798. The summed E-state index contributed by atoms with van der Waals surface area (Å²) < 4.78 is 11.8. The van der Waals surface area contributed by atoms with E-state index in [9.17, 15) is 14.2 Å². The van der Waals surface area contributed by atoms with Crippen molar-refractivity contribution < 1.29 is 14.4 Å². The molecule has 0 spiro atoms. The Morgan fingerprint density at radius 3 is 2.63 bits per heavy atom. The van der Waals surface area contributed by atoms with Crippen molar-refractivity contribution in [2.24, 2.45) is 0 Å². The Balaban J connectivity index is 2.90. The van der Waals surface area contributed by atoms with Crippen molar-refractivity contribution in [3.63, 3.8) is 0 Å². The fraction of sp³-hybridized carbons (Fsp3) is 0.200. The first kappa shape index (κ1) is 15.8. The zero-order valence-corrected chi connectivity index (χ0v) is 12.2. The lowest BCUT2D eigenvalue weighted by molar-refractivity contribution is 0.377. The van der Waals surface area contributed by atoms with E-state index >= 15 is 0 Å². The SMILES string of the molecule is O=c1[nH]c(=O)n(C/C=C/CP(=O)(O)O)cc1/C=C/Br. The summed E-state index contributed by atoms with van der Waals surface area (Å²) >= 11 is 3.03. The molecule has 0 saturated carbocycles. The van der Waals surface area contributed by atoms with Crippen molar-refractivity contribution >= 4 is 29.6 Å². The number of rotatable bonds is 5. The molecule has 0 saturated heterocycles. The van der Waals surface area contributed by atoms with Gasteiger partial charge in [0.2, 0.25) is 0 Å². The summed E-state index contributed by atoms with van der Waals surface area (Å²) in [6.07, 6.45) is 5.19. The van der Waals surface area contributed by atoms with Crippen molar-refractivity contribution in [2.45, 2.75) is 6.54 Å². The Morgan fingerprint density at radius 1 is 1.37 bits per heavy atom. The molecule has 0 aliphatic heterocycles. The number of hydrogen-bond donors (Lipinski definition) is 3. The topological polar surface area (TPSA) is 112 Å². The maximum absolute atomic E-state index is 11.5. The third-order valence-electron chi connectivity index (χ3n) is 2.09. The van der Waals surface area contributed by atoms with Gasteiger partial charge in [-0.2, -0.15) is 0 Å². The van der Waals surface area contributed by atoms with Crippen LogP contribution in [-0.4, -0.2) is 25.5 Å². The number of allylic oxidation sites excluding steroid dienone is 2. The molecule has 9 heteroatoms. The second-order valence-corrected chi connectivity index (χ2v) is 5.83. The van der Waals surface area contributed by atoms with Gasteiger partial charge in [-0.15, -0.1) is 0 Å². The van der Waals surface area contributed by atoms with Crippen molar-refractivity contribution in [3.05, 3.63) is 49.7 Å². The minimum Gasteiger partial charge on any atom is -0.324 e. The molecule has 1 rings (SSSR count). The Labute approximate surface area is 116 Å². The zero-order chi connectivity index (χ0) is 14.5. The minimum absolute atomic E-state index is 0.110. The Morgan fingerprint density at radius 2 is 2.05 bits per heavy atom. The van der Waals surface area contributed by atoms with Crippen LogP contribution in [0.1, 0.15) is 5.56 Å². The second-order valence-electron chi connectivity index (χ2n) is 3.61. The first-order valence-electron chi connectivity index (χ1n) is 5.13. The van der Waals surface area contributed by atoms with Gasteiger partial charge >= 0.3 is 13.3 Å². The summed E-state index contributed by atoms with van der Waals surface area (Å²) in [5, 5.41) is 0. The third kappa shape index (κ3) is 5.52. The van der Waals surface area contributed by atoms with Crippen molar-refractivity contribution in [2.75, 3.05) is 6.16 Å². The molecule has 0 aliphatic carbocycles. The molecule has 0 amide bonds. The van der Waals surface area contributed by atoms with Gasteiger partial charge in [0.1, 0.15) is 0 Å². The first-order chi connectivity index (χ1) is 8.83. The highest BCUT2D eigenvalue weighted by atomic mass is 79.9. The van der Waals surface area contributed by atoms with Crippen LogP contribution in [0.3, 0.4) is 0 Å². The molecule has 7 nitrogen and oxygen atoms in total. The molecule has 0 aliphatic rings. The van der Waals surface area contributed by atoms with Crippen LogP contribution in [0.5, 0.6) is 0 Å². The van der Waals surface area contributed by atoms with E-state index in [2.05, 4.69) is 20.9 Å². The number of hydrogen-bond acceptors (Lipinski definition) is 3. The van der Waals surface area contributed by atoms with E-state index in [-0.39, 0.29) is 12.7 Å². The molecule has 1 aromatic heterocycles. The number of H-pyrrole nitrogens is 1. The predicted molar refractivity (Wildman–Crippen MR) is 75.3 cm³/mol. The quantitative estimate of drug-likeness (QED) is 0.532. The number of aromatic amines is 1. The highest BCUT2D eigenvalue weighted by Gasteiger charge is 2.08. The molecule has 1 heterocycles. The molecule has 0 aromatic carbocycles. The number of nitrogens with zero attached hydrogens (tertiary/aromatic N) is 1. The highest BCUT2D eigenvalue weighted by molar-refractivity contribution is 9.11. The van der Waals surface area contributed by atoms with E-state index in [4.69, 9.17) is 9.79 Å². The summed E-state index contributed by atoms with van der Waals surface area (Å²) in [6.45, 7) is 0.110. The Hall–Kier alpha value is -1.21. The van der Waals surface area contributed by atoms with Gasteiger partial charge in [0.25, 0.3) is 5.56 Å². The van der Waals surface area contributed by atoms with Crippen LogP contribution in [0.15, 0.2) is 32.9 Å². The first-order valence-corrected chi connectivity index (χ1v) is 7.85. The summed E-state index contributed by atoms with van der Waals surface area (Å²) in [5.74, 6) is 0. The molecule has 0 atom stereocenters. The maximum Gasteiger partial charge on any atom is 0.329 e. The average molecular weight is 351 g/mol. The van der Waals surface area contributed by atoms with E-state index in [1.54, 1.807) is 0 Å². The fourth-order valence-electron chi connectivity index (χ4n) is 1.25. The smallest absolute Gasteiger partial charge is 0.324 e. The minimum atomic E-state index is -4.08. The van der Waals surface area contributed by atoms with Crippen LogP contribution in [0.25, 0.3) is 6.08 Å². The van der Waals surface area contributed by atoms with Gasteiger partial charge in [-0.1, -0.05) is 28.1 Å². The van der Waals surface area contributed by atoms with Gasteiger partial charge in [-0.3, -0.25) is 18.9 Å². The average Bonchev–Trinajstić information content (AvgIpc) is 2.28. The van der Waals surface area contributed by atoms with Gasteiger partial charge < -0.3 is 9.79 Å². The van der Waals surface area contributed by atoms with Crippen LogP contribution in [0.4, 0.5) is 0 Å². The fourth-order valence-corrected chi connectivity index (χ4v) is 1.96. The normalized spacial score (nSPS) is 12.6. The Bertz CT molecular complexity index is 655. The molecule has 0 radical (unpaired) electrons. The number of halogens is 1. The monoisotopic (exact) mass is 350 g/mol. The zero-order valence-electron chi connectivity index (χ0n) is 9.69. The maximum atomic E-state index is 11.5. The third-order valence-corrected chi connectivity index (χ3v) is 3.04. The molecule has 19 heavy (non-hydrogen) atoms.